The molecule has 1 unspecified atom stereocenters. The van der Waals surface area contributed by atoms with Crippen molar-refractivity contribution in [1.82, 2.24) is 9.80 Å². The summed E-state index contributed by atoms with van der Waals surface area (Å²) in [4.78, 5) is 16.3. The van der Waals surface area contributed by atoms with Crippen molar-refractivity contribution in [2.45, 2.75) is 31.8 Å². The Hall–Kier alpha value is -0.870. The minimum atomic E-state index is -0.193. The Kier molecular flexibility index (Phi) is 4.10. The summed E-state index contributed by atoms with van der Waals surface area (Å²) in [6, 6.07) is -0.193. The second-order valence-electron chi connectivity index (χ2n) is 5.03. The first-order chi connectivity index (χ1) is 7.44. The topological polar surface area (TPSA) is 49.6 Å². The van der Waals surface area contributed by atoms with E-state index in [4.69, 9.17) is 5.73 Å². The summed E-state index contributed by atoms with van der Waals surface area (Å²) in [5.41, 5.74) is 5.56. The molecule has 1 aliphatic rings. The second kappa shape index (κ2) is 4.97. The van der Waals surface area contributed by atoms with Crippen LogP contribution in [-0.2, 0) is 4.79 Å². The number of carbonyl (C=O) groups excluding carboxylic acids is 1. The molecule has 4 nitrogen and oxygen atoms in total. The van der Waals surface area contributed by atoms with Gasteiger partial charge in [-0.05, 0) is 27.3 Å². The summed E-state index contributed by atoms with van der Waals surface area (Å²) in [5, 5.41) is 0. The lowest BCUT2D eigenvalue weighted by atomic mass is 9.98. The SMILES string of the molecule is C=CCN1C(=O)C(CN)N(C)CCC1(C)C. The van der Waals surface area contributed by atoms with Crippen LogP contribution in [0.3, 0.4) is 0 Å². The number of nitrogens with zero attached hydrogens (tertiary/aromatic N) is 2. The third-order valence-electron chi connectivity index (χ3n) is 3.43. The molecule has 0 spiro atoms. The summed E-state index contributed by atoms with van der Waals surface area (Å²) < 4.78 is 0. The van der Waals surface area contributed by atoms with Gasteiger partial charge in [-0.25, -0.2) is 0 Å². The van der Waals surface area contributed by atoms with E-state index in [1.165, 1.54) is 0 Å². The highest BCUT2D eigenvalue weighted by Gasteiger charge is 2.38. The lowest BCUT2D eigenvalue weighted by Gasteiger charge is -2.37. The molecule has 16 heavy (non-hydrogen) atoms. The summed E-state index contributed by atoms with van der Waals surface area (Å²) in [6.07, 6.45) is 2.73. The van der Waals surface area contributed by atoms with Gasteiger partial charge >= 0.3 is 0 Å². The van der Waals surface area contributed by atoms with Crippen LogP contribution in [0.1, 0.15) is 20.3 Å². The highest BCUT2D eigenvalue weighted by atomic mass is 16.2. The van der Waals surface area contributed by atoms with Crippen molar-refractivity contribution < 1.29 is 4.79 Å². The molecule has 0 aliphatic carbocycles. The highest BCUT2D eigenvalue weighted by Crippen LogP contribution is 2.24. The van der Waals surface area contributed by atoms with E-state index in [2.05, 4.69) is 20.4 Å². The maximum atomic E-state index is 12.3. The van der Waals surface area contributed by atoms with Crippen molar-refractivity contribution in [2.24, 2.45) is 5.73 Å². The molecule has 2 N–H and O–H groups in total. The number of nitrogens with two attached hydrogens (primary N) is 1. The molecule has 1 heterocycles. The molecule has 0 aromatic rings. The van der Waals surface area contributed by atoms with Crippen LogP contribution < -0.4 is 5.73 Å². The Morgan fingerprint density at radius 3 is 2.75 bits per heavy atom. The number of hydrogen-bond acceptors (Lipinski definition) is 3. The van der Waals surface area contributed by atoms with Gasteiger partial charge < -0.3 is 10.6 Å². The molecular weight excluding hydrogens is 202 g/mol. The standard InChI is InChI=1S/C12H23N3O/c1-5-7-15-11(16)10(9-13)14(4)8-6-12(15,2)3/h5,10H,1,6-9,13H2,2-4H3. The Balaban J connectivity index is 2.99. The Labute approximate surface area is 98.1 Å². The minimum absolute atomic E-state index is 0.118. The third kappa shape index (κ3) is 2.44. The van der Waals surface area contributed by atoms with E-state index in [9.17, 15) is 4.79 Å². The lowest BCUT2D eigenvalue weighted by Crippen LogP contribution is -2.53. The summed E-state index contributed by atoms with van der Waals surface area (Å²) in [7, 11) is 1.96. The van der Waals surface area contributed by atoms with Gasteiger partial charge in [0.25, 0.3) is 0 Å². The molecule has 0 saturated carbocycles. The molecule has 1 fully saturated rings. The second-order valence-corrected chi connectivity index (χ2v) is 5.03. The molecule has 0 aromatic carbocycles. The Morgan fingerprint density at radius 1 is 1.62 bits per heavy atom. The number of carbonyl (C=O) groups is 1. The van der Waals surface area contributed by atoms with Crippen LogP contribution in [0.15, 0.2) is 12.7 Å². The van der Waals surface area contributed by atoms with Crippen molar-refractivity contribution >= 4 is 5.91 Å². The molecule has 1 atom stereocenters. The van der Waals surface area contributed by atoms with Crippen LogP contribution in [0.5, 0.6) is 0 Å². The van der Waals surface area contributed by atoms with Crippen molar-refractivity contribution in [3.63, 3.8) is 0 Å². The third-order valence-corrected chi connectivity index (χ3v) is 3.43. The van der Waals surface area contributed by atoms with Crippen LogP contribution in [0.25, 0.3) is 0 Å². The van der Waals surface area contributed by atoms with E-state index in [1.54, 1.807) is 6.08 Å². The van der Waals surface area contributed by atoms with Crippen molar-refractivity contribution in [1.29, 1.82) is 0 Å². The fraction of sp³-hybridized carbons (Fsp3) is 0.750. The number of rotatable bonds is 3. The average molecular weight is 225 g/mol. The van der Waals surface area contributed by atoms with Gasteiger partial charge in [0.15, 0.2) is 0 Å². The van der Waals surface area contributed by atoms with E-state index in [1.807, 2.05) is 16.8 Å². The Morgan fingerprint density at radius 2 is 2.25 bits per heavy atom. The average Bonchev–Trinajstić information content (AvgIpc) is 2.30. The fourth-order valence-corrected chi connectivity index (χ4v) is 2.15. The number of amides is 1. The summed E-state index contributed by atoms with van der Waals surface area (Å²) >= 11 is 0. The smallest absolute Gasteiger partial charge is 0.241 e. The maximum Gasteiger partial charge on any atom is 0.241 e. The van der Waals surface area contributed by atoms with Gasteiger partial charge in [0.1, 0.15) is 6.04 Å². The molecular formula is C12H23N3O. The number of likely N-dealkylation sites (N-methyl/N-ethyl adjacent to an activating group) is 1. The van der Waals surface area contributed by atoms with E-state index in [0.29, 0.717) is 13.1 Å². The molecule has 1 saturated heterocycles. The van der Waals surface area contributed by atoms with E-state index in [0.717, 1.165) is 13.0 Å². The lowest BCUT2D eigenvalue weighted by molar-refractivity contribution is -0.138. The predicted octanol–water partition coefficient (Wildman–Crippen LogP) is 0.442. The van der Waals surface area contributed by atoms with Gasteiger partial charge in [-0.2, -0.15) is 0 Å². The van der Waals surface area contributed by atoms with E-state index >= 15 is 0 Å². The zero-order valence-electron chi connectivity index (χ0n) is 10.6. The van der Waals surface area contributed by atoms with Gasteiger partial charge in [0, 0.05) is 25.2 Å². The van der Waals surface area contributed by atoms with Crippen LogP contribution in [0, 0.1) is 0 Å². The molecule has 1 rings (SSSR count). The first kappa shape index (κ1) is 13.2. The zero-order valence-corrected chi connectivity index (χ0v) is 10.6. The van der Waals surface area contributed by atoms with E-state index in [-0.39, 0.29) is 17.5 Å². The number of hydrogen-bond donors (Lipinski definition) is 1. The van der Waals surface area contributed by atoms with Gasteiger partial charge in [-0.3, -0.25) is 9.69 Å². The first-order valence-corrected chi connectivity index (χ1v) is 5.76. The van der Waals surface area contributed by atoms with Crippen molar-refractivity contribution in [2.75, 3.05) is 26.7 Å². The largest absolute Gasteiger partial charge is 0.332 e. The van der Waals surface area contributed by atoms with Gasteiger partial charge in [-0.1, -0.05) is 6.08 Å². The van der Waals surface area contributed by atoms with E-state index < -0.39 is 0 Å². The first-order valence-electron chi connectivity index (χ1n) is 5.76. The monoisotopic (exact) mass is 225 g/mol. The van der Waals surface area contributed by atoms with Crippen LogP contribution >= 0.6 is 0 Å². The summed E-state index contributed by atoms with van der Waals surface area (Å²) in [5.74, 6) is 0.118. The highest BCUT2D eigenvalue weighted by molar-refractivity contribution is 5.83. The van der Waals surface area contributed by atoms with Crippen LogP contribution in [-0.4, -0.2) is 54.0 Å². The van der Waals surface area contributed by atoms with Gasteiger partial charge in [-0.15, -0.1) is 6.58 Å². The zero-order chi connectivity index (χ0) is 12.3. The molecule has 4 heteroatoms. The minimum Gasteiger partial charge on any atom is -0.332 e. The molecule has 0 aromatic heterocycles. The van der Waals surface area contributed by atoms with Crippen LogP contribution in [0.2, 0.25) is 0 Å². The van der Waals surface area contributed by atoms with Crippen molar-refractivity contribution in [3.8, 4) is 0 Å². The van der Waals surface area contributed by atoms with Gasteiger partial charge in [0.2, 0.25) is 5.91 Å². The van der Waals surface area contributed by atoms with Crippen molar-refractivity contribution in [3.05, 3.63) is 12.7 Å². The molecule has 92 valence electrons. The normalized spacial score (nSPS) is 26.6. The molecule has 0 radical (unpaired) electrons. The molecule has 1 aliphatic heterocycles. The fourth-order valence-electron chi connectivity index (χ4n) is 2.15. The molecule has 0 bridgehead atoms. The molecule has 1 amide bonds. The quantitative estimate of drug-likeness (QED) is 0.709. The maximum absolute atomic E-state index is 12.3. The Bertz CT molecular complexity index is 275. The van der Waals surface area contributed by atoms with Crippen LogP contribution in [0.4, 0.5) is 0 Å². The van der Waals surface area contributed by atoms with Gasteiger partial charge in [0.05, 0.1) is 0 Å². The predicted molar refractivity (Wildman–Crippen MR) is 66.1 cm³/mol. The summed E-state index contributed by atoms with van der Waals surface area (Å²) in [6.45, 7) is 9.78.